The van der Waals surface area contributed by atoms with E-state index in [1.54, 1.807) is 18.3 Å². The van der Waals surface area contributed by atoms with Crippen molar-refractivity contribution in [1.29, 1.82) is 0 Å². The molecule has 1 aliphatic carbocycles. The summed E-state index contributed by atoms with van der Waals surface area (Å²) >= 11 is 1.56. The molecule has 7 heteroatoms. The van der Waals surface area contributed by atoms with Crippen molar-refractivity contribution >= 4 is 27.3 Å². The molecule has 0 aliphatic heterocycles. The number of fused-ring (bicyclic) bond motifs is 4. The molecular weight excluding hydrogens is 336 g/mol. The highest BCUT2D eigenvalue weighted by Crippen LogP contribution is 2.34. The molecule has 0 saturated carbocycles. The molecule has 25 heavy (non-hydrogen) atoms. The van der Waals surface area contributed by atoms with E-state index in [1.807, 2.05) is 30.3 Å². The largest absolute Gasteiger partial charge is 0.284 e. The maximum atomic E-state index is 13.1. The van der Waals surface area contributed by atoms with E-state index in [0.29, 0.717) is 15.9 Å². The normalized spacial score (nSPS) is 13.6. The number of nitrogens with zero attached hydrogens (tertiary/aromatic N) is 4. The van der Waals surface area contributed by atoms with Crippen LogP contribution in [0.2, 0.25) is 0 Å². The Bertz CT molecular complexity index is 1270. The minimum absolute atomic E-state index is 0.188. The van der Waals surface area contributed by atoms with E-state index in [9.17, 15) is 9.59 Å². The van der Waals surface area contributed by atoms with Crippen molar-refractivity contribution in [3.8, 4) is 5.69 Å². The van der Waals surface area contributed by atoms with Crippen molar-refractivity contribution in [3.63, 3.8) is 0 Å². The second-order valence-corrected chi connectivity index (χ2v) is 7.31. The van der Waals surface area contributed by atoms with E-state index in [2.05, 4.69) is 10.1 Å². The molecule has 0 N–H and O–H groups in total. The van der Waals surface area contributed by atoms with Gasteiger partial charge in [-0.3, -0.25) is 9.59 Å². The lowest BCUT2D eigenvalue weighted by atomic mass is 10.2. The summed E-state index contributed by atoms with van der Waals surface area (Å²) < 4.78 is 2.74. The van der Waals surface area contributed by atoms with E-state index in [1.165, 1.54) is 14.0 Å². The van der Waals surface area contributed by atoms with Crippen molar-refractivity contribution in [2.75, 3.05) is 0 Å². The maximum Gasteiger partial charge on any atom is 0.284 e. The molecule has 0 unspecified atom stereocenters. The number of thiophene rings is 1. The van der Waals surface area contributed by atoms with E-state index in [-0.39, 0.29) is 22.6 Å². The standard InChI is InChI=1S/C18H14N4O2S/c1-10-16(23)21(11-6-3-2-4-7-11)18-19-15-14(17(24)22(18)20-10)12-8-5-9-13(12)25-15/h2-4,6-7H,5,8-9H2,1H3. The summed E-state index contributed by atoms with van der Waals surface area (Å²) in [5.41, 5.74) is 1.61. The van der Waals surface area contributed by atoms with Crippen molar-refractivity contribution in [2.45, 2.75) is 26.2 Å². The number of aromatic nitrogens is 4. The SMILES string of the molecule is Cc1nn2c(=O)c3c4c(sc3nc2n(-c2ccccc2)c1=O)CCC4. The van der Waals surface area contributed by atoms with Crippen molar-refractivity contribution in [1.82, 2.24) is 19.2 Å². The van der Waals surface area contributed by atoms with Crippen molar-refractivity contribution in [2.24, 2.45) is 0 Å². The highest BCUT2D eigenvalue weighted by Gasteiger charge is 2.23. The third-order valence-electron chi connectivity index (χ3n) is 4.68. The summed E-state index contributed by atoms with van der Waals surface area (Å²) in [6.45, 7) is 1.62. The van der Waals surface area contributed by atoms with Crippen LogP contribution in [-0.2, 0) is 12.8 Å². The summed E-state index contributed by atoms with van der Waals surface area (Å²) in [7, 11) is 0. The summed E-state index contributed by atoms with van der Waals surface area (Å²) in [5.74, 6) is 0.263. The Morgan fingerprint density at radius 1 is 1.08 bits per heavy atom. The molecule has 0 atom stereocenters. The average Bonchev–Trinajstić information content (AvgIpc) is 3.19. The first-order valence-electron chi connectivity index (χ1n) is 8.17. The van der Waals surface area contributed by atoms with Gasteiger partial charge in [-0.1, -0.05) is 18.2 Å². The van der Waals surface area contributed by atoms with Gasteiger partial charge >= 0.3 is 0 Å². The molecule has 0 fully saturated rings. The molecule has 0 bridgehead atoms. The van der Waals surface area contributed by atoms with Crippen molar-refractivity contribution < 1.29 is 0 Å². The van der Waals surface area contributed by atoms with Crippen molar-refractivity contribution in [3.05, 3.63) is 67.2 Å². The van der Waals surface area contributed by atoms with Crippen LogP contribution in [0, 0.1) is 6.92 Å². The Labute approximate surface area is 146 Å². The van der Waals surface area contributed by atoms with E-state index >= 15 is 0 Å². The monoisotopic (exact) mass is 350 g/mol. The highest BCUT2D eigenvalue weighted by molar-refractivity contribution is 7.18. The summed E-state index contributed by atoms with van der Waals surface area (Å²) in [4.78, 5) is 32.4. The first kappa shape index (κ1) is 14.5. The van der Waals surface area contributed by atoms with E-state index < -0.39 is 0 Å². The van der Waals surface area contributed by atoms with Gasteiger partial charge in [0, 0.05) is 4.88 Å². The molecule has 124 valence electrons. The minimum Gasteiger partial charge on any atom is -0.267 e. The van der Waals surface area contributed by atoms with Crippen LogP contribution in [0.3, 0.4) is 0 Å². The summed E-state index contributed by atoms with van der Waals surface area (Å²) in [6.07, 6.45) is 2.99. The molecule has 3 heterocycles. The van der Waals surface area contributed by atoms with E-state index in [0.717, 1.165) is 24.8 Å². The molecule has 1 aliphatic rings. The fraction of sp³-hybridized carbons (Fsp3) is 0.222. The third-order valence-corrected chi connectivity index (χ3v) is 5.86. The fourth-order valence-corrected chi connectivity index (χ4v) is 4.76. The highest BCUT2D eigenvalue weighted by atomic mass is 32.1. The Morgan fingerprint density at radius 2 is 1.88 bits per heavy atom. The summed E-state index contributed by atoms with van der Waals surface area (Å²) in [5, 5.41) is 4.90. The van der Waals surface area contributed by atoms with Crippen LogP contribution >= 0.6 is 11.3 Å². The Balaban J connectivity index is 2.00. The summed E-state index contributed by atoms with van der Waals surface area (Å²) in [6, 6.07) is 9.23. The molecule has 3 aromatic heterocycles. The fourth-order valence-electron chi connectivity index (χ4n) is 3.51. The maximum absolute atomic E-state index is 13.1. The van der Waals surface area contributed by atoms with Gasteiger partial charge < -0.3 is 0 Å². The van der Waals surface area contributed by atoms with Gasteiger partial charge in [0.15, 0.2) is 0 Å². The predicted molar refractivity (Wildman–Crippen MR) is 97.0 cm³/mol. The molecule has 0 saturated heterocycles. The van der Waals surface area contributed by atoms with Crippen LogP contribution in [0.25, 0.3) is 21.7 Å². The predicted octanol–water partition coefficient (Wildman–Crippen LogP) is 2.25. The van der Waals surface area contributed by atoms with Gasteiger partial charge in [0.1, 0.15) is 10.5 Å². The number of rotatable bonds is 1. The second-order valence-electron chi connectivity index (χ2n) is 6.23. The first-order chi connectivity index (χ1) is 12.1. The number of hydrogen-bond acceptors (Lipinski definition) is 5. The molecular formula is C18H14N4O2S. The third kappa shape index (κ3) is 1.96. The number of aryl methyl sites for hydroxylation is 3. The van der Waals surface area contributed by atoms with E-state index in [4.69, 9.17) is 0 Å². The topological polar surface area (TPSA) is 69.3 Å². The molecule has 0 spiro atoms. The lowest BCUT2D eigenvalue weighted by molar-refractivity contribution is 0.768. The Morgan fingerprint density at radius 3 is 2.68 bits per heavy atom. The molecule has 0 radical (unpaired) electrons. The number of hydrogen-bond donors (Lipinski definition) is 0. The lowest BCUT2D eigenvalue weighted by Gasteiger charge is -2.10. The van der Waals surface area contributed by atoms with Crippen LogP contribution in [0.5, 0.6) is 0 Å². The number of benzene rings is 1. The van der Waals surface area contributed by atoms with Gasteiger partial charge in [0.25, 0.3) is 11.1 Å². The van der Waals surface area contributed by atoms with Crippen LogP contribution in [0.15, 0.2) is 39.9 Å². The van der Waals surface area contributed by atoms with Gasteiger partial charge in [-0.05, 0) is 43.9 Å². The Kier molecular flexibility index (Phi) is 2.96. The molecule has 1 aromatic carbocycles. The molecule has 0 amide bonds. The smallest absolute Gasteiger partial charge is 0.267 e. The van der Waals surface area contributed by atoms with Gasteiger partial charge in [0.2, 0.25) is 5.78 Å². The quantitative estimate of drug-likeness (QED) is 0.528. The van der Waals surface area contributed by atoms with Gasteiger partial charge in [-0.25, -0.2) is 9.55 Å². The van der Waals surface area contributed by atoms with Crippen LogP contribution in [0.1, 0.15) is 22.6 Å². The average molecular weight is 350 g/mol. The van der Waals surface area contributed by atoms with Crippen LogP contribution < -0.4 is 11.1 Å². The van der Waals surface area contributed by atoms with Gasteiger partial charge in [-0.2, -0.15) is 9.61 Å². The van der Waals surface area contributed by atoms with Gasteiger partial charge in [0.05, 0.1) is 11.1 Å². The Hall–Kier alpha value is -2.80. The molecule has 5 rings (SSSR count). The minimum atomic E-state index is -0.262. The number of para-hydroxylation sites is 1. The van der Waals surface area contributed by atoms with Crippen LogP contribution in [-0.4, -0.2) is 19.2 Å². The zero-order valence-electron chi connectivity index (χ0n) is 13.5. The first-order valence-corrected chi connectivity index (χ1v) is 8.99. The van der Waals surface area contributed by atoms with Crippen LogP contribution in [0.4, 0.5) is 0 Å². The molecule has 4 aromatic rings. The second kappa shape index (κ2) is 5.10. The van der Waals surface area contributed by atoms with Gasteiger partial charge in [-0.15, -0.1) is 11.3 Å². The zero-order chi connectivity index (χ0) is 17.1. The lowest BCUT2D eigenvalue weighted by Crippen LogP contribution is -2.31. The molecule has 6 nitrogen and oxygen atoms in total. The zero-order valence-corrected chi connectivity index (χ0v) is 14.3.